The summed E-state index contributed by atoms with van der Waals surface area (Å²) in [6.45, 7) is 2.74. The van der Waals surface area contributed by atoms with Gasteiger partial charge in [0.2, 0.25) is 6.08 Å². The van der Waals surface area contributed by atoms with E-state index in [1.54, 1.807) is 6.08 Å². The number of hydrogen-bond acceptors (Lipinski definition) is 3. The van der Waals surface area contributed by atoms with Crippen LogP contribution in [0.5, 0.6) is 0 Å². The third-order valence-corrected chi connectivity index (χ3v) is 4.83. The van der Waals surface area contributed by atoms with Gasteiger partial charge in [-0.2, -0.15) is 4.99 Å². The number of isocyanates is 1. The topological polar surface area (TPSA) is 32.7 Å². The number of piperidine rings is 1. The summed E-state index contributed by atoms with van der Waals surface area (Å²) in [5.74, 6) is 0. The van der Waals surface area contributed by atoms with Crippen molar-refractivity contribution in [1.29, 1.82) is 0 Å². The van der Waals surface area contributed by atoms with E-state index in [1.165, 1.54) is 5.56 Å². The maximum absolute atomic E-state index is 11.0. The van der Waals surface area contributed by atoms with Crippen LogP contribution in [0.15, 0.2) is 59.6 Å². The summed E-state index contributed by atoms with van der Waals surface area (Å²) in [5, 5.41) is 0.695. The molecule has 1 aliphatic heterocycles. The lowest BCUT2D eigenvalue weighted by Gasteiger charge is -2.38. The number of aliphatic imine (C=N–C) groups is 1. The monoisotopic (exact) mass is 326 g/mol. The molecule has 23 heavy (non-hydrogen) atoms. The number of hydrogen-bond donors (Lipinski definition) is 0. The van der Waals surface area contributed by atoms with Crippen LogP contribution in [0, 0.1) is 0 Å². The second-order valence-electron chi connectivity index (χ2n) is 6.00. The van der Waals surface area contributed by atoms with Gasteiger partial charge < -0.3 is 0 Å². The molecule has 1 saturated heterocycles. The van der Waals surface area contributed by atoms with E-state index in [4.69, 9.17) is 11.6 Å². The predicted octanol–water partition coefficient (Wildman–Crippen LogP) is 4.17. The number of nitrogens with zero attached hydrogens (tertiary/aromatic N) is 2. The lowest BCUT2D eigenvalue weighted by atomic mass is 9.81. The molecule has 2 aromatic rings. The standard InChI is InChI=1S/C19H19ClN2O/c20-18-8-6-17(7-9-18)19(21-15-23)10-12-22(13-11-19)14-16-4-2-1-3-5-16/h1-9H,10-14H2. The van der Waals surface area contributed by atoms with Crippen LogP contribution in [0.2, 0.25) is 5.02 Å². The molecule has 2 aromatic carbocycles. The average molecular weight is 327 g/mol. The number of rotatable bonds is 4. The van der Waals surface area contributed by atoms with E-state index in [-0.39, 0.29) is 0 Å². The zero-order chi connectivity index (χ0) is 16.1. The summed E-state index contributed by atoms with van der Waals surface area (Å²) in [5.41, 5.74) is 1.90. The zero-order valence-electron chi connectivity index (χ0n) is 12.9. The molecule has 0 aliphatic carbocycles. The average Bonchev–Trinajstić information content (AvgIpc) is 2.59. The molecule has 0 aromatic heterocycles. The summed E-state index contributed by atoms with van der Waals surface area (Å²) < 4.78 is 0. The van der Waals surface area contributed by atoms with Gasteiger partial charge in [-0.1, -0.05) is 54.1 Å². The SMILES string of the molecule is O=C=NC1(c2ccc(Cl)cc2)CCN(Cc2ccccc2)CC1. The fourth-order valence-corrected chi connectivity index (χ4v) is 3.36. The minimum absolute atomic E-state index is 0.459. The molecule has 0 spiro atoms. The van der Waals surface area contributed by atoms with E-state index in [9.17, 15) is 4.79 Å². The Balaban J connectivity index is 1.73. The molecule has 3 rings (SSSR count). The Kier molecular flexibility index (Phi) is 4.92. The molecule has 118 valence electrons. The molecule has 3 nitrogen and oxygen atoms in total. The van der Waals surface area contributed by atoms with E-state index in [1.807, 2.05) is 30.3 Å². The number of benzene rings is 2. The van der Waals surface area contributed by atoms with Crippen LogP contribution in [-0.2, 0) is 16.9 Å². The summed E-state index contributed by atoms with van der Waals surface area (Å²) in [6, 6.07) is 18.1. The van der Waals surface area contributed by atoms with Crippen molar-refractivity contribution in [2.45, 2.75) is 24.9 Å². The van der Waals surface area contributed by atoms with E-state index >= 15 is 0 Å². The fraction of sp³-hybridized carbons (Fsp3) is 0.316. The lowest BCUT2D eigenvalue weighted by molar-refractivity contribution is 0.156. The van der Waals surface area contributed by atoms with Crippen molar-refractivity contribution in [3.8, 4) is 0 Å². The largest absolute Gasteiger partial charge is 0.299 e. The van der Waals surface area contributed by atoms with Crippen LogP contribution in [0.3, 0.4) is 0 Å². The number of carbonyl (C=O) groups excluding carboxylic acids is 1. The van der Waals surface area contributed by atoms with Crippen LogP contribution < -0.4 is 0 Å². The molecule has 4 heteroatoms. The maximum atomic E-state index is 11.0. The Morgan fingerprint density at radius 2 is 1.70 bits per heavy atom. The molecule has 1 fully saturated rings. The van der Waals surface area contributed by atoms with Gasteiger partial charge in [-0.25, -0.2) is 4.79 Å². The van der Waals surface area contributed by atoms with Gasteiger partial charge in [-0.05, 0) is 36.1 Å². The first kappa shape index (κ1) is 15.9. The zero-order valence-corrected chi connectivity index (χ0v) is 13.7. The Bertz CT molecular complexity index is 685. The molecule has 0 radical (unpaired) electrons. The van der Waals surface area contributed by atoms with Gasteiger partial charge in [0.05, 0.1) is 0 Å². The third-order valence-electron chi connectivity index (χ3n) is 4.57. The van der Waals surface area contributed by atoms with Crippen LogP contribution in [0.1, 0.15) is 24.0 Å². The lowest BCUT2D eigenvalue weighted by Crippen LogP contribution is -2.41. The van der Waals surface area contributed by atoms with Crippen molar-refractivity contribution in [2.24, 2.45) is 4.99 Å². The van der Waals surface area contributed by atoms with Crippen LogP contribution in [-0.4, -0.2) is 24.1 Å². The first-order valence-electron chi connectivity index (χ1n) is 7.83. The molecular formula is C19H19ClN2O. The van der Waals surface area contributed by atoms with Gasteiger partial charge in [0.15, 0.2) is 0 Å². The Morgan fingerprint density at radius 1 is 1.04 bits per heavy atom. The second-order valence-corrected chi connectivity index (χ2v) is 6.44. The van der Waals surface area contributed by atoms with Crippen LogP contribution in [0.25, 0.3) is 0 Å². The molecule has 0 amide bonds. The van der Waals surface area contributed by atoms with Gasteiger partial charge in [0.25, 0.3) is 0 Å². The van der Waals surface area contributed by atoms with E-state index in [2.05, 4.69) is 34.2 Å². The van der Waals surface area contributed by atoms with Gasteiger partial charge >= 0.3 is 0 Å². The molecule has 0 N–H and O–H groups in total. The maximum Gasteiger partial charge on any atom is 0.235 e. The van der Waals surface area contributed by atoms with Crippen molar-refractivity contribution in [3.63, 3.8) is 0 Å². The predicted molar refractivity (Wildman–Crippen MR) is 92.2 cm³/mol. The van der Waals surface area contributed by atoms with Crippen molar-refractivity contribution >= 4 is 17.7 Å². The van der Waals surface area contributed by atoms with Gasteiger partial charge in [0, 0.05) is 24.7 Å². The third kappa shape index (κ3) is 3.70. The summed E-state index contributed by atoms with van der Waals surface area (Å²) in [7, 11) is 0. The Morgan fingerprint density at radius 3 is 2.30 bits per heavy atom. The quantitative estimate of drug-likeness (QED) is 0.624. The molecule has 0 bridgehead atoms. The smallest absolute Gasteiger partial charge is 0.235 e. The van der Waals surface area contributed by atoms with Crippen molar-refractivity contribution in [2.75, 3.05) is 13.1 Å². The number of halogens is 1. The highest BCUT2D eigenvalue weighted by Gasteiger charge is 2.36. The summed E-state index contributed by atoms with van der Waals surface area (Å²) >= 11 is 5.97. The van der Waals surface area contributed by atoms with Gasteiger partial charge in [-0.15, -0.1) is 0 Å². The summed E-state index contributed by atoms with van der Waals surface area (Å²) in [4.78, 5) is 17.5. The fourth-order valence-electron chi connectivity index (χ4n) is 3.24. The van der Waals surface area contributed by atoms with Crippen molar-refractivity contribution < 1.29 is 4.79 Å². The normalized spacial score (nSPS) is 17.4. The van der Waals surface area contributed by atoms with E-state index in [0.717, 1.165) is 38.0 Å². The molecule has 1 aliphatic rings. The first-order valence-corrected chi connectivity index (χ1v) is 8.21. The van der Waals surface area contributed by atoms with Crippen LogP contribution in [0.4, 0.5) is 0 Å². The molecule has 0 unspecified atom stereocenters. The van der Waals surface area contributed by atoms with Gasteiger partial charge in [0.1, 0.15) is 5.54 Å². The summed E-state index contributed by atoms with van der Waals surface area (Å²) in [6.07, 6.45) is 3.41. The number of likely N-dealkylation sites (tertiary alicyclic amines) is 1. The molecular weight excluding hydrogens is 308 g/mol. The molecule has 1 heterocycles. The molecule has 0 atom stereocenters. The highest BCUT2D eigenvalue weighted by Crippen LogP contribution is 2.37. The van der Waals surface area contributed by atoms with Crippen molar-refractivity contribution in [1.82, 2.24) is 4.90 Å². The van der Waals surface area contributed by atoms with Gasteiger partial charge in [-0.3, -0.25) is 4.90 Å². The van der Waals surface area contributed by atoms with Crippen molar-refractivity contribution in [3.05, 3.63) is 70.7 Å². The Labute approximate surface area is 141 Å². The highest BCUT2D eigenvalue weighted by molar-refractivity contribution is 6.30. The first-order chi connectivity index (χ1) is 11.2. The Hall–Kier alpha value is -1.93. The van der Waals surface area contributed by atoms with Crippen LogP contribution >= 0.6 is 11.6 Å². The second kappa shape index (κ2) is 7.10. The highest BCUT2D eigenvalue weighted by atomic mass is 35.5. The molecule has 0 saturated carbocycles. The van der Waals surface area contributed by atoms with E-state index in [0.29, 0.717) is 5.02 Å². The van der Waals surface area contributed by atoms with E-state index < -0.39 is 5.54 Å². The minimum atomic E-state index is -0.459. The minimum Gasteiger partial charge on any atom is -0.299 e.